The molecule has 0 radical (unpaired) electrons. The van der Waals surface area contributed by atoms with E-state index >= 15 is 0 Å². The van der Waals surface area contributed by atoms with Crippen LogP contribution in [-0.4, -0.2) is 39.9 Å². The van der Waals surface area contributed by atoms with Gasteiger partial charge in [-0.05, 0) is 30.5 Å². The number of hydrogen-bond donors (Lipinski definition) is 1. The summed E-state index contributed by atoms with van der Waals surface area (Å²) < 4.78 is 43.3. The molecule has 1 saturated carbocycles. The third-order valence-corrected chi connectivity index (χ3v) is 6.65. The second kappa shape index (κ2) is 8.24. The summed E-state index contributed by atoms with van der Waals surface area (Å²) >= 11 is 3.35. The molecule has 5 nitrogen and oxygen atoms in total. The maximum absolute atomic E-state index is 13.8. The summed E-state index contributed by atoms with van der Waals surface area (Å²) in [6.07, 6.45) is 0.475. The molecule has 2 heterocycles. The molecule has 1 fully saturated rings. The number of anilines is 1. The molecule has 30 heavy (non-hydrogen) atoms. The highest BCUT2D eigenvalue weighted by Gasteiger charge is 2.47. The average molecular weight is 485 g/mol. The summed E-state index contributed by atoms with van der Waals surface area (Å²) in [7, 11) is 1.72. The first kappa shape index (κ1) is 21.2. The molecule has 0 spiro atoms. The van der Waals surface area contributed by atoms with E-state index < -0.39 is 18.3 Å². The lowest BCUT2D eigenvalue weighted by Crippen LogP contribution is -2.38. The summed E-state index contributed by atoms with van der Waals surface area (Å²) in [5.41, 5.74) is 0.809. The molecule has 0 bridgehead atoms. The van der Waals surface area contributed by atoms with Crippen LogP contribution in [0.1, 0.15) is 66.7 Å². The average Bonchev–Trinajstić information content (AvgIpc) is 3.16. The van der Waals surface area contributed by atoms with E-state index in [1.165, 1.54) is 6.07 Å². The first-order chi connectivity index (χ1) is 14.2. The Hall–Kier alpha value is -2.03. The van der Waals surface area contributed by atoms with Crippen LogP contribution >= 0.6 is 15.9 Å². The smallest absolute Gasteiger partial charge is 0.363 e. The molecule has 1 aromatic heterocycles. The Kier molecular flexibility index (Phi) is 5.83. The van der Waals surface area contributed by atoms with Crippen molar-refractivity contribution in [3.05, 3.63) is 46.1 Å². The third kappa shape index (κ3) is 4.22. The Morgan fingerprint density at radius 3 is 2.50 bits per heavy atom. The highest BCUT2D eigenvalue weighted by atomic mass is 79.9. The van der Waals surface area contributed by atoms with Crippen LogP contribution in [0.4, 0.5) is 19.0 Å². The third-order valence-electron chi connectivity index (χ3n) is 6.12. The minimum atomic E-state index is -4.47. The highest BCUT2D eigenvalue weighted by molar-refractivity contribution is 9.10. The Balaban J connectivity index is 1.62. The van der Waals surface area contributed by atoms with Crippen molar-refractivity contribution >= 4 is 27.7 Å². The minimum Gasteiger partial charge on any atom is -0.363 e. The first-order valence-corrected chi connectivity index (χ1v) is 11.0. The minimum absolute atomic E-state index is 0.0521. The van der Waals surface area contributed by atoms with E-state index in [0.29, 0.717) is 0 Å². The van der Waals surface area contributed by atoms with Crippen molar-refractivity contribution in [3.63, 3.8) is 0 Å². The zero-order valence-corrected chi connectivity index (χ0v) is 18.2. The molecule has 2 atom stereocenters. The van der Waals surface area contributed by atoms with E-state index in [1.807, 2.05) is 0 Å². The fraction of sp³-hybridized carbons (Fsp3) is 0.524. The molecule has 9 heteroatoms. The maximum atomic E-state index is 13.8. The van der Waals surface area contributed by atoms with Gasteiger partial charge >= 0.3 is 6.18 Å². The molecule has 1 N–H and O–H groups in total. The van der Waals surface area contributed by atoms with Crippen molar-refractivity contribution in [3.8, 4) is 0 Å². The standard InChI is InChI=1S/C21H24BrF3N4O/c1-28(15-5-3-2-4-6-15)20(30)17-12-19-26-16(13-7-9-14(22)10-8-13)11-18(21(23,24)25)29(19)27-17/h7-10,12,15-16,18,26H,2-6,11H2,1H3/t16-,18-/m0/s1. The van der Waals surface area contributed by atoms with Gasteiger partial charge in [0.1, 0.15) is 5.82 Å². The molecular weight excluding hydrogens is 461 g/mol. The monoisotopic (exact) mass is 484 g/mol. The van der Waals surface area contributed by atoms with Gasteiger partial charge in [0.2, 0.25) is 0 Å². The molecule has 0 unspecified atom stereocenters. The topological polar surface area (TPSA) is 50.2 Å². The van der Waals surface area contributed by atoms with Crippen LogP contribution in [0.2, 0.25) is 0 Å². The molecular formula is C21H24BrF3N4O. The number of carbonyl (C=O) groups excluding carboxylic acids is 1. The van der Waals surface area contributed by atoms with E-state index in [-0.39, 0.29) is 29.9 Å². The summed E-state index contributed by atoms with van der Waals surface area (Å²) in [5, 5.41) is 7.24. The zero-order chi connectivity index (χ0) is 21.5. The molecule has 0 saturated heterocycles. The van der Waals surface area contributed by atoms with Gasteiger partial charge in [-0.1, -0.05) is 47.3 Å². The number of benzene rings is 1. The second-order valence-corrected chi connectivity index (χ2v) is 9.02. The van der Waals surface area contributed by atoms with Crippen molar-refractivity contribution in [2.24, 2.45) is 0 Å². The summed E-state index contributed by atoms with van der Waals surface area (Å²) in [6.45, 7) is 0. The lowest BCUT2D eigenvalue weighted by molar-refractivity contribution is -0.173. The van der Waals surface area contributed by atoms with Crippen LogP contribution in [0.25, 0.3) is 0 Å². The fourth-order valence-electron chi connectivity index (χ4n) is 4.41. The number of rotatable bonds is 3. The van der Waals surface area contributed by atoms with Crippen molar-refractivity contribution < 1.29 is 18.0 Å². The van der Waals surface area contributed by atoms with Crippen LogP contribution in [0.3, 0.4) is 0 Å². The molecule has 1 amide bonds. The van der Waals surface area contributed by atoms with Crippen molar-refractivity contribution in [1.29, 1.82) is 0 Å². The van der Waals surface area contributed by atoms with Gasteiger partial charge in [0, 0.05) is 30.0 Å². The van der Waals surface area contributed by atoms with Crippen LogP contribution < -0.4 is 5.32 Å². The number of amides is 1. The Morgan fingerprint density at radius 1 is 1.20 bits per heavy atom. The SMILES string of the molecule is CN(C(=O)c1cc2n(n1)[C@H](C(F)(F)F)C[C@@H](c1ccc(Br)cc1)N2)C1CCCCC1. The van der Waals surface area contributed by atoms with Crippen molar-refractivity contribution in [2.75, 3.05) is 12.4 Å². The number of halogens is 4. The van der Waals surface area contributed by atoms with E-state index in [0.717, 1.165) is 46.8 Å². The highest BCUT2D eigenvalue weighted by Crippen LogP contribution is 2.43. The second-order valence-electron chi connectivity index (χ2n) is 8.11. The molecule has 4 rings (SSSR count). The van der Waals surface area contributed by atoms with Crippen LogP contribution in [0, 0.1) is 0 Å². The predicted molar refractivity (Wildman–Crippen MR) is 111 cm³/mol. The Labute approximate surface area is 181 Å². The van der Waals surface area contributed by atoms with Gasteiger partial charge < -0.3 is 10.2 Å². The molecule has 1 aliphatic carbocycles. The number of nitrogens with one attached hydrogen (secondary N) is 1. The number of carbonyl (C=O) groups is 1. The van der Waals surface area contributed by atoms with Crippen molar-refractivity contribution in [1.82, 2.24) is 14.7 Å². The summed E-state index contributed by atoms with van der Waals surface area (Å²) in [4.78, 5) is 14.6. The zero-order valence-electron chi connectivity index (χ0n) is 16.6. The quantitative estimate of drug-likeness (QED) is 0.606. The van der Waals surface area contributed by atoms with Gasteiger partial charge in [-0.25, -0.2) is 4.68 Å². The first-order valence-electron chi connectivity index (χ1n) is 10.2. The van der Waals surface area contributed by atoms with E-state index in [9.17, 15) is 18.0 Å². The fourth-order valence-corrected chi connectivity index (χ4v) is 4.67. The molecule has 1 aliphatic heterocycles. The van der Waals surface area contributed by atoms with Gasteiger partial charge in [0.15, 0.2) is 11.7 Å². The normalized spacial score (nSPS) is 22.3. The molecule has 2 aliphatic rings. The van der Waals surface area contributed by atoms with E-state index in [4.69, 9.17) is 0 Å². The summed E-state index contributed by atoms with van der Waals surface area (Å²) in [6, 6.07) is 6.46. The number of fused-ring (bicyclic) bond motifs is 1. The number of nitrogens with zero attached hydrogens (tertiary/aromatic N) is 3. The Bertz CT molecular complexity index is 906. The predicted octanol–water partition coefficient (Wildman–Crippen LogP) is 5.71. The van der Waals surface area contributed by atoms with E-state index in [1.54, 1.807) is 36.2 Å². The summed E-state index contributed by atoms with van der Waals surface area (Å²) in [5.74, 6) is -0.108. The van der Waals surface area contributed by atoms with Crippen LogP contribution in [0.15, 0.2) is 34.8 Å². The number of hydrogen-bond acceptors (Lipinski definition) is 3. The van der Waals surface area contributed by atoms with Gasteiger partial charge in [-0.15, -0.1) is 0 Å². The largest absolute Gasteiger partial charge is 0.410 e. The van der Waals surface area contributed by atoms with E-state index in [2.05, 4.69) is 26.3 Å². The van der Waals surface area contributed by atoms with Crippen LogP contribution in [0.5, 0.6) is 0 Å². The van der Waals surface area contributed by atoms with Gasteiger partial charge in [0.05, 0.1) is 6.04 Å². The number of alkyl halides is 3. The maximum Gasteiger partial charge on any atom is 0.410 e. The molecule has 1 aromatic carbocycles. The number of aromatic nitrogens is 2. The Morgan fingerprint density at radius 2 is 1.87 bits per heavy atom. The lowest BCUT2D eigenvalue weighted by Gasteiger charge is -2.33. The van der Waals surface area contributed by atoms with Gasteiger partial charge in [0.25, 0.3) is 5.91 Å². The van der Waals surface area contributed by atoms with Gasteiger partial charge in [-0.2, -0.15) is 18.3 Å². The lowest BCUT2D eigenvalue weighted by atomic mass is 9.94. The molecule has 2 aromatic rings. The van der Waals surface area contributed by atoms with Crippen LogP contribution in [-0.2, 0) is 0 Å². The molecule has 162 valence electrons. The van der Waals surface area contributed by atoms with Crippen molar-refractivity contribution in [2.45, 2.75) is 62.8 Å². The van der Waals surface area contributed by atoms with Gasteiger partial charge in [-0.3, -0.25) is 4.79 Å².